The lowest BCUT2D eigenvalue weighted by Gasteiger charge is -2.44. The van der Waals surface area contributed by atoms with E-state index in [1.807, 2.05) is 22.3 Å². The van der Waals surface area contributed by atoms with Gasteiger partial charge in [0.1, 0.15) is 5.60 Å². The lowest BCUT2D eigenvalue weighted by atomic mass is 9.85. The minimum atomic E-state index is -0.547. The third kappa shape index (κ3) is 4.72. The summed E-state index contributed by atoms with van der Waals surface area (Å²) in [5.41, 5.74) is 9.46. The molecule has 0 aliphatic carbocycles. The number of piperidine rings is 1. The lowest BCUT2D eigenvalue weighted by Crippen LogP contribution is -2.52. The maximum atomic E-state index is 12.9. The number of fused-ring (bicyclic) bond motifs is 2. The van der Waals surface area contributed by atoms with Gasteiger partial charge in [-0.1, -0.05) is 30.3 Å². The molecule has 2 aromatic heterocycles. The number of thiophene rings is 1. The maximum Gasteiger partial charge on any atom is 0.239 e. The van der Waals surface area contributed by atoms with Gasteiger partial charge in [-0.25, -0.2) is 4.98 Å². The molecule has 6 nitrogen and oxygen atoms in total. The van der Waals surface area contributed by atoms with Crippen molar-refractivity contribution in [1.29, 1.82) is 0 Å². The molecule has 3 aromatic rings. The first kappa shape index (κ1) is 24.7. The second-order valence-corrected chi connectivity index (χ2v) is 9.19. The molecule has 1 atom stereocenters. The minimum absolute atomic E-state index is 0. The molecule has 1 amide bonds. The van der Waals surface area contributed by atoms with E-state index in [9.17, 15) is 4.79 Å². The van der Waals surface area contributed by atoms with Gasteiger partial charge >= 0.3 is 0 Å². The number of halogens is 2. The van der Waals surface area contributed by atoms with Crippen molar-refractivity contribution < 1.29 is 9.53 Å². The minimum Gasteiger partial charge on any atom is -0.369 e. The summed E-state index contributed by atoms with van der Waals surface area (Å²) in [6.07, 6.45) is 6.40. The van der Waals surface area contributed by atoms with E-state index in [4.69, 9.17) is 10.5 Å². The molecule has 0 unspecified atom stereocenters. The highest BCUT2D eigenvalue weighted by Crippen LogP contribution is 2.47. The lowest BCUT2D eigenvalue weighted by molar-refractivity contribution is -0.141. The molecule has 1 aromatic carbocycles. The second-order valence-electron chi connectivity index (χ2n) is 8.14. The van der Waals surface area contributed by atoms with Crippen LogP contribution in [0.25, 0.3) is 10.4 Å². The summed E-state index contributed by atoms with van der Waals surface area (Å²) in [6, 6.07) is 12.3. The van der Waals surface area contributed by atoms with Crippen LogP contribution >= 0.6 is 36.2 Å². The van der Waals surface area contributed by atoms with Gasteiger partial charge in [-0.15, -0.1) is 36.2 Å². The Morgan fingerprint density at radius 2 is 2.00 bits per heavy atom. The quantitative estimate of drug-likeness (QED) is 0.574. The zero-order valence-electron chi connectivity index (χ0n) is 17.7. The SMILES string of the molecule is Cl.Cl.N[C@@H](Cc1cnc[nH]1)C(=O)N1CCC2(CC1)OCCc1cc(-c3ccccc3)sc12. The summed E-state index contributed by atoms with van der Waals surface area (Å²) < 4.78 is 6.38. The van der Waals surface area contributed by atoms with Crippen LogP contribution in [0.3, 0.4) is 0 Å². The van der Waals surface area contributed by atoms with Crippen LogP contribution in [0.15, 0.2) is 48.9 Å². The van der Waals surface area contributed by atoms with Gasteiger partial charge in [0.25, 0.3) is 0 Å². The Bertz CT molecular complexity index is 1020. The number of aromatic amines is 1. The average Bonchev–Trinajstić information content (AvgIpc) is 3.45. The third-order valence-electron chi connectivity index (χ3n) is 6.23. The van der Waals surface area contributed by atoms with Crippen LogP contribution in [0.4, 0.5) is 0 Å². The Hall–Kier alpha value is -1.90. The van der Waals surface area contributed by atoms with Gasteiger partial charge in [0.2, 0.25) is 5.91 Å². The van der Waals surface area contributed by atoms with Gasteiger partial charge in [-0.3, -0.25) is 4.79 Å². The van der Waals surface area contributed by atoms with Gasteiger partial charge in [-0.05, 0) is 36.5 Å². The molecular weight excluding hydrogens is 467 g/mol. The number of aromatic nitrogens is 2. The zero-order chi connectivity index (χ0) is 20.6. The molecule has 32 heavy (non-hydrogen) atoms. The molecule has 3 N–H and O–H groups in total. The van der Waals surface area contributed by atoms with Crippen LogP contribution < -0.4 is 5.73 Å². The number of nitrogens with zero attached hydrogens (tertiary/aromatic N) is 2. The van der Waals surface area contributed by atoms with Gasteiger partial charge in [0.05, 0.1) is 19.0 Å². The fourth-order valence-corrected chi connectivity index (χ4v) is 6.00. The van der Waals surface area contributed by atoms with E-state index in [1.165, 1.54) is 20.9 Å². The molecule has 9 heteroatoms. The zero-order valence-corrected chi connectivity index (χ0v) is 20.1. The molecule has 5 rings (SSSR count). The first-order chi connectivity index (χ1) is 14.6. The van der Waals surface area contributed by atoms with Crippen molar-refractivity contribution in [3.63, 3.8) is 0 Å². The van der Waals surface area contributed by atoms with Crippen molar-refractivity contribution in [3.05, 3.63) is 65.1 Å². The van der Waals surface area contributed by atoms with Crippen molar-refractivity contribution in [2.45, 2.75) is 37.3 Å². The van der Waals surface area contributed by atoms with E-state index in [1.54, 1.807) is 12.5 Å². The fourth-order valence-electron chi connectivity index (χ4n) is 4.58. The topological polar surface area (TPSA) is 84.2 Å². The molecule has 4 heterocycles. The number of ether oxygens (including phenoxy) is 1. The van der Waals surface area contributed by atoms with Gasteiger partial charge in [-0.2, -0.15) is 0 Å². The van der Waals surface area contributed by atoms with Gasteiger partial charge in [0.15, 0.2) is 0 Å². The number of hydrogen-bond acceptors (Lipinski definition) is 5. The number of nitrogens with two attached hydrogens (primary N) is 1. The number of nitrogens with one attached hydrogen (secondary N) is 1. The second kappa shape index (κ2) is 10.4. The molecule has 0 radical (unpaired) electrons. The Labute approximate surface area is 204 Å². The number of hydrogen-bond donors (Lipinski definition) is 2. The monoisotopic (exact) mass is 494 g/mol. The summed E-state index contributed by atoms with van der Waals surface area (Å²) >= 11 is 1.85. The van der Waals surface area contributed by atoms with Crippen LogP contribution in [-0.2, 0) is 28.0 Å². The largest absolute Gasteiger partial charge is 0.369 e. The van der Waals surface area contributed by atoms with Crippen LogP contribution in [-0.4, -0.2) is 46.5 Å². The third-order valence-corrected chi connectivity index (χ3v) is 7.64. The Balaban J connectivity index is 0.00000144. The van der Waals surface area contributed by atoms with Crippen molar-refractivity contribution in [2.75, 3.05) is 19.7 Å². The van der Waals surface area contributed by atoms with Crippen LogP contribution in [0.2, 0.25) is 0 Å². The highest BCUT2D eigenvalue weighted by Gasteiger charge is 2.43. The van der Waals surface area contributed by atoms with Crippen LogP contribution in [0, 0.1) is 0 Å². The maximum absolute atomic E-state index is 12.9. The first-order valence-electron chi connectivity index (χ1n) is 10.5. The van der Waals surface area contributed by atoms with E-state index in [0.29, 0.717) is 19.5 Å². The van der Waals surface area contributed by atoms with Crippen molar-refractivity contribution in [1.82, 2.24) is 14.9 Å². The Morgan fingerprint density at radius 3 is 2.69 bits per heavy atom. The molecule has 0 saturated carbocycles. The van der Waals surface area contributed by atoms with E-state index in [0.717, 1.165) is 31.6 Å². The number of carbonyl (C=O) groups is 1. The number of likely N-dealkylation sites (tertiary alicyclic amines) is 1. The number of carbonyl (C=O) groups excluding carboxylic acids is 1. The summed E-state index contributed by atoms with van der Waals surface area (Å²) in [6.45, 7) is 2.09. The summed E-state index contributed by atoms with van der Waals surface area (Å²) in [7, 11) is 0. The van der Waals surface area contributed by atoms with Crippen molar-refractivity contribution in [2.24, 2.45) is 5.73 Å². The van der Waals surface area contributed by atoms with Crippen molar-refractivity contribution >= 4 is 42.1 Å². The number of H-pyrrole nitrogens is 1. The van der Waals surface area contributed by atoms with Crippen LogP contribution in [0.1, 0.15) is 29.0 Å². The average molecular weight is 495 g/mol. The number of amides is 1. The first-order valence-corrected chi connectivity index (χ1v) is 11.3. The Morgan fingerprint density at radius 1 is 1.25 bits per heavy atom. The van der Waals surface area contributed by atoms with E-state index in [2.05, 4.69) is 40.3 Å². The van der Waals surface area contributed by atoms with Gasteiger partial charge < -0.3 is 20.4 Å². The molecular formula is C23H28Cl2N4O2S. The highest BCUT2D eigenvalue weighted by atomic mass is 35.5. The summed E-state index contributed by atoms with van der Waals surface area (Å²) in [5.74, 6) is 0.00615. The Kier molecular flexibility index (Phi) is 8.01. The predicted molar refractivity (Wildman–Crippen MR) is 132 cm³/mol. The highest BCUT2D eigenvalue weighted by molar-refractivity contribution is 7.15. The summed E-state index contributed by atoms with van der Waals surface area (Å²) in [4.78, 5) is 24.4. The van der Waals surface area contributed by atoms with E-state index >= 15 is 0 Å². The molecule has 172 valence electrons. The number of benzene rings is 1. The number of rotatable bonds is 4. The summed E-state index contributed by atoms with van der Waals surface area (Å²) in [5, 5.41) is 0. The van der Waals surface area contributed by atoms with Crippen LogP contribution in [0.5, 0.6) is 0 Å². The molecule has 2 aliphatic rings. The number of imidazole rings is 1. The normalized spacial score (nSPS) is 17.7. The van der Waals surface area contributed by atoms with E-state index < -0.39 is 6.04 Å². The molecule has 1 spiro atoms. The predicted octanol–water partition coefficient (Wildman–Crippen LogP) is 3.94. The van der Waals surface area contributed by atoms with Gasteiger partial charge in [0, 0.05) is 41.2 Å². The molecule has 2 aliphatic heterocycles. The molecule has 1 fully saturated rings. The standard InChI is InChI=1S/C23H26N4O2S.2ClH/c24-19(13-18-14-25-15-26-18)22(28)27-9-7-23(8-10-27)21-17(6-11-29-23)12-20(30-21)16-4-2-1-3-5-16;;/h1-5,12,14-15,19H,6-11,13,24H2,(H,25,26);2*1H/t19-;;/m0../s1. The molecule has 0 bridgehead atoms. The molecule has 1 saturated heterocycles. The smallest absolute Gasteiger partial charge is 0.239 e. The van der Waals surface area contributed by atoms with E-state index in [-0.39, 0.29) is 36.3 Å². The fraction of sp³-hybridized carbons (Fsp3) is 0.391. The van der Waals surface area contributed by atoms with Crippen molar-refractivity contribution in [3.8, 4) is 10.4 Å².